The SMILES string of the molecule is Nc1ccc(-c2ccc(S)cc2S(=O)(=O)O)c(S(=O)(=O)O)c1. The van der Waals surface area contributed by atoms with E-state index in [4.69, 9.17) is 5.73 Å². The molecule has 0 aliphatic carbocycles. The largest absolute Gasteiger partial charge is 0.399 e. The minimum atomic E-state index is -4.65. The van der Waals surface area contributed by atoms with Gasteiger partial charge in [0.1, 0.15) is 9.79 Å². The molecule has 4 N–H and O–H groups in total. The first-order chi connectivity index (χ1) is 10.00. The van der Waals surface area contributed by atoms with Crippen molar-refractivity contribution in [2.45, 2.75) is 14.7 Å². The molecule has 0 aromatic heterocycles. The summed E-state index contributed by atoms with van der Waals surface area (Å²) in [5, 5.41) is 0. The third kappa shape index (κ3) is 3.42. The Morgan fingerprint density at radius 3 is 1.77 bits per heavy atom. The normalized spacial score (nSPS) is 12.3. The van der Waals surface area contributed by atoms with E-state index in [-0.39, 0.29) is 21.7 Å². The van der Waals surface area contributed by atoms with Crippen molar-refractivity contribution in [3.8, 4) is 11.1 Å². The van der Waals surface area contributed by atoms with Gasteiger partial charge in [0.25, 0.3) is 20.2 Å². The summed E-state index contributed by atoms with van der Waals surface area (Å²) in [6.07, 6.45) is 0. The lowest BCUT2D eigenvalue weighted by Crippen LogP contribution is -2.06. The van der Waals surface area contributed by atoms with Crippen molar-refractivity contribution in [1.82, 2.24) is 0 Å². The molecule has 0 radical (unpaired) electrons. The van der Waals surface area contributed by atoms with Crippen molar-refractivity contribution in [3.05, 3.63) is 36.4 Å². The van der Waals surface area contributed by atoms with Crippen LogP contribution in [0.4, 0.5) is 5.69 Å². The van der Waals surface area contributed by atoms with Gasteiger partial charge in [0.05, 0.1) is 0 Å². The van der Waals surface area contributed by atoms with E-state index < -0.39 is 30.0 Å². The summed E-state index contributed by atoms with van der Waals surface area (Å²) in [6, 6.07) is 7.32. The Kier molecular flexibility index (Phi) is 4.24. The maximum atomic E-state index is 11.5. The highest BCUT2D eigenvalue weighted by Crippen LogP contribution is 2.34. The average molecular weight is 361 g/mol. The van der Waals surface area contributed by atoms with Gasteiger partial charge in [-0.25, -0.2) is 0 Å². The number of hydrogen-bond acceptors (Lipinski definition) is 6. The molecule has 10 heteroatoms. The first-order valence-electron chi connectivity index (χ1n) is 5.68. The molecule has 0 amide bonds. The topological polar surface area (TPSA) is 135 Å². The molecule has 22 heavy (non-hydrogen) atoms. The van der Waals surface area contributed by atoms with E-state index in [9.17, 15) is 25.9 Å². The molecule has 0 saturated heterocycles. The fourth-order valence-electron chi connectivity index (χ4n) is 1.92. The highest BCUT2D eigenvalue weighted by atomic mass is 32.2. The number of nitrogen functional groups attached to an aromatic ring is 1. The molecule has 0 heterocycles. The zero-order valence-corrected chi connectivity index (χ0v) is 13.4. The molecule has 0 saturated carbocycles. The van der Waals surface area contributed by atoms with Gasteiger partial charge in [-0.3, -0.25) is 9.11 Å². The van der Waals surface area contributed by atoms with Gasteiger partial charge in [-0.2, -0.15) is 16.8 Å². The summed E-state index contributed by atoms with van der Waals surface area (Å²) in [6.45, 7) is 0. The molecule has 0 fully saturated rings. The summed E-state index contributed by atoms with van der Waals surface area (Å²) < 4.78 is 64.5. The number of thiol groups is 1. The number of rotatable bonds is 3. The predicted octanol–water partition coefficient (Wildman–Crippen LogP) is 1.72. The van der Waals surface area contributed by atoms with Gasteiger partial charge in [0.15, 0.2) is 0 Å². The van der Waals surface area contributed by atoms with E-state index in [1.165, 1.54) is 24.3 Å². The molecular weight excluding hydrogens is 350 g/mol. The summed E-state index contributed by atoms with van der Waals surface area (Å²) in [4.78, 5) is -0.848. The quantitative estimate of drug-likeness (QED) is 0.371. The van der Waals surface area contributed by atoms with Crippen LogP contribution in [0, 0.1) is 0 Å². The summed E-state index contributed by atoms with van der Waals surface area (Å²) in [5.41, 5.74) is 5.34. The van der Waals surface area contributed by atoms with E-state index in [1.54, 1.807) is 0 Å². The van der Waals surface area contributed by atoms with Crippen molar-refractivity contribution in [2.75, 3.05) is 5.73 Å². The second kappa shape index (κ2) is 5.56. The molecule has 0 bridgehead atoms. The fourth-order valence-corrected chi connectivity index (χ4v) is 3.69. The lowest BCUT2D eigenvalue weighted by Gasteiger charge is -2.12. The van der Waals surface area contributed by atoms with Crippen LogP contribution in [0.3, 0.4) is 0 Å². The molecule has 2 aromatic rings. The highest BCUT2D eigenvalue weighted by Gasteiger charge is 2.23. The predicted molar refractivity (Wildman–Crippen MR) is 83.2 cm³/mol. The smallest absolute Gasteiger partial charge is 0.295 e. The lowest BCUT2D eigenvalue weighted by atomic mass is 10.1. The molecule has 0 atom stereocenters. The van der Waals surface area contributed by atoms with Crippen LogP contribution in [-0.2, 0) is 20.2 Å². The Morgan fingerprint density at radius 2 is 1.27 bits per heavy atom. The molecule has 118 valence electrons. The Morgan fingerprint density at radius 1 is 0.818 bits per heavy atom. The van der Waals surface area contributed by atoms with E-state index >= 15 is 0 Å². The molecule has 0 aliphatic heterocycles. The monoisotopic (exact) mass is 361 g/mol. The van der Waals surface area contributed by atoms with Crippen molar-refractivity contribution < 1.29 is 25.9 Å². The fraction of sp³-hybridized carbons (Fsp3) is 0. The molecule has 2 rings (SSSR count). The van der Waals surface area contributed by atoms with Gasteiger partial charge in [-0.1, -0.05) is 12.1 Å². The molecule has 0 aliphatic rings. The zero-order valence-electron chi connectivity index (χ0n) is 10.8. The van der Waals surface area contributed by atoms with E-state index in [2.05, 4.69) is 12.6 Å². The summed E-state index contributed by atoms with van der Waals surface area (Å²) in [5.74, 6) is 0. The van der Waals surface area contributed by atoms with Gasteiger partial charge >= 0.3 is 0 Å². The van der Waals surface area contributed by atoms with Crippen LogP contribution >= 0.6 is 12.6 Å². The maximum absolute atomic E-state index is 11.5. The molecular formula is C12H11NO6S3. The van der Waals surface area contributed by atoms with Crippen LogP contribution in [0.25, 0.3) is 11.1 Å². The van der Waals surface area contributed by atoms with Crippen LogP contribution in [0.1, 0.15) is 0 Å². The van der Waals surface area contributed by atoms with E-state index in [0.717, 1.165) is 12.1 Å². The Bertz CT molecular complexity index is 871. The van der Waals surface area contributed by atoms with Crippen LogP contribution in [-0.4, -0.2) is 25.9 Å². The lowest BCUT2D eigenvalue weighted by molar-refractivity contribution is 0.480. The zero-order chi connectivity index (χ0) is 16.7. The highest BCUT2D eigenvalue weighted by molar-refractivity contribution is 7.86. The first kappa shape index (κ1) is 16.8. The van der Waals surface area contributed by atoms with Crippen LogP contribution < -0.4 is 5.73 Å². The minimum Gasteiger partial charge on any atom is -0.399 e. The van der Waals surface area contributed by atoms with Crippen LogP contribution in [0.2, 0.25) is 0 Å². The average Bonchev–Trinajstić information content (AvgIpc) is 2.37. The number of anilines is 1. The number of benzene rings is 2. The van der Waals surface area contributed by atoms with Crippen LogP contribution in [0.15, 0.2) is 51.1 Å². The minimum absolute atomic E-state index is 0.0654. The number of nitrogens with two attached hydrogens (primary N) is 1. The standard InChI is InChI=1S/C12H11NO6S3/c13-7-1-3-9(11(5-7)21(14,15)16)10-4-2-8(20)6-12(10)22(17,18)19/h1-6,20H,13H2,(H,14,15,16)(H,17,18,19). The van der Waals surface area contributed by atoms with Gasteiger partial charge in [-0.05, 0) is 24.3 Å². The van der Waals surface area contributed by atoms with Crippen molar-refractivity contribution in [2.24, 2.45) is 0 Å². The van der Waals surface area contributed by atoms with Crippen LogP contribution in [0.5, 0.6) is 0 Å². The second-order valence-electron chi connectivity index (χ2n) is 4.39. The third-order valence-corrected chi connectivity index (χ3v) is 4.88. The molecule has 7 nitrogen and oxygen atoms in total. The van der Waals surface area contributed by atoms with E-state index in [0.29, 0.717) is 0 Å². The van der Waals surface area contributed by atoms with E-state index in [1.807, 2.05) is 0 Å². The van der Waals surface area contributed by atoms with Gasteiger partial charge in [-0.15, -0.1) is 12.6 Å². The summed E-state index contributed by atoms with van der Waals surface area (Å²) >= 11 is 3.98. The molecule has 2 aromatic carbocycles. The Balaban J connectivity index is 2.90. The molecule has 0 spiro atoms. The Hall–Kier alpha value is -1.59. The molecule has 0 unspecified atom stereocenters. The second-order valence-corrected chi connectivity index (χ2v) is 7.68. The summed E-state index contributed by atoms with van der Waals surface area (Å²) in [7, 11) is -9.29. The third-order valence-electron chi connectivity index (χ3n) is 2.82. The maximum Gasteiger partial charge on any atom is 0.295 e. The van der Waals surface area contributed by atoms with Crippen molar-refractivity contribution in [3.63, 3.8) is 0 Å². The van der Waals surface area contributed by atoms with Crippen molar-refractivity contribution in [1.29, 1.82) is 0 Å². The Labute approximate surface area is 132 Å². The number of hydrogen-bond donors (Lipinski definition) is 4. The van der Waals surface area contributed by atoms with Gasteiger partial charge in [0.2, 0.25) is 0 Å². The van der Waals surface area contributed by atoms with Gasteiger partial charge in [0, 0.05) is 21.7 Å². The van der Waals surface area contributed by atoms with Gasteiger partial charge < -0.3 is 5.73 Å². The van der Waals surface area contributed by atoms with Crippen molar-refractivity contribution >= 4 is 38.6 Å². The first-order valence-corrected chi connectivity index (χ1v) is 9.01.